The fourth-order valence-electron chi connectivity index (χ4n) is 4.90. The second-order valence-electron chi connectivity index (χ2n) is 8.48. The molecular weight excluding hydrogens is 356 g/mol. The van der Waals surface area contributed by atoms with Crippen LogP contribution in [0.25, 0.3) is 0 Å². The number of ether oxygens (including phenoxy) is 3. The van der Waals surface area contributed by atoms with E-state index in [0.29, 0.717) is 43.7 Å². The largest absolute Gasteiger partial charge is 0.469 e. The van der Waals surface area contributed by atoms with Gasteiger partial charge in [0.2, 0.25) is 0 Å². The number of hydrogen-bond donors (Lipinski definition) is 0. The van der Waals surface area contributed by atoms with Crippen LogP contribution in [0.3, 0.4) is 0 Å². The fraction of sp³-hybridized carbons (Fsp3) is 0.913. The minimum absolute atomic E-state index is 0.119. The Kier molecular flexibility index (Phi) is 10.5. The van der Waals surface area contributed by atoms with E-state index in [4.69, 9.17) is 14.2 Å². The maximum absolute atomic E-state index is 12.2. The second kappa shape index (κ2) is 12.6. The summed E-state index contributed by atoms with van der Waals surface area (Å²) in [7, 11) is 1.44. The normalized spacial score (nSPS) is 23.4. The Balaban J connectivity index is 1.75. The van der Waals surface area contributed by atoms with Crippen molar-refractivity contribution in [1.82, 2.24) is 0 Å². The molecule has 2 atom stereocenters. The summed E-state index contributed by atoms with van der Waals surface area (Å²) in [4.78, 5) is 23.4. The summed E-state index contributed by atoms with van der Waals surface area (Å²) in [5.41, 5.74) is 0. The van der Waals surface area contributed by atoms with Crippen molar-refractivity contribution in [2.45, 2.75) is 103 Å². The molecule has 1 spiro atoms. The molecule has 2 aliphatic rings. The van der Waals surface area contributed by atoms with E-state index in [9.17, 15) is 9.59 Å². The van der Waals surface area contributed by atoms with Crippen LogP contribution in [-0.4, -0.2) is 37.9 Å². The Morgan fingerprint density at radius 1 is 0.929 bits per heavy atom. The van der Waals surface area contributed by atoms with E-state index in [2.05, 4.69) is 6.92 Å². The quantitative estimate of drug-likeness (QED) is 0.298. The van der Waals surface area contributed by atoms with Crippen LogP contribution in [0.1, 0.15) is 96.8 Å². The highest BCUT2D eigenvalue weighted by atomic mass is 16.7. The van der Waals surface area contributed by atoms with Gasteiger partial charge in [-0.05, 0) is 38.0 Å². The number of methoxy groups -OCH3 is 1. The van der Waals surface area contributed by atoms with Gasteiger partial charge in [0, 0.05) is 31.6 Å². The van der Waals surface area contributed by atoms with Crippen LogP contribution < -0.4 is 0 Å². The van der Waals surface area contributed by atoms with Gasteiger partial charge in [-0.15, -0.1) is 0 Å². The van der Waals surface area contributed by atoms with Crippen LogP contribution >= 0.6 is 0 Å². The number of unbranched alkanes of at least 4 members (excludes halogenated alkanes) is 5. The van der Waals surface area contributed by atoms with E-state index in [1.165, 1.54) is 7.11 Å². The van der Waals surface area contributed by atoms with Gasteiger partial charge >= 0.3 is 5.97 Å². The molecule has 1 saturated carbocycles. The van der Waals surface area contributed by atoms with Crippen molar-refractivity contribution in [1.29, 1.82) is 0 Å². The first kappa shape index (κ1) is 23.3. The molecule has 5 nitrogen and oxygen atoms in total. The van der Waals surface area contributed by atoms with Crippen molar-refractivity contribution in [2.75, 3.05) is 20.3 Å². The zero-order valence-corrected chi connectivity index (χ0v) is 18.0. The Morgan fingerprint density at radius 3 is 2.36 bits per heavy atom. The molecule has 0 radical (unpaired) electrons. The molecule has 0 N–H and O–H groups in total. The monoisotopic (exact) mass is 396 g/mol. The molecule has 0 aromatic carbocycles. The Labute approximate surface area is 170 Å². The Hall–Kier alpha value is -0.940. The van der Waals surface area contributed by atoms with Gasteiger partial charge in [-0.2, -0.15) is 0 Å². The molecule has 1 heterocycles. The number of rotatable bonds is 14. The molecule has 1 aliphatic carbocycles. The number of carbonyl (C=O) groups excluding carboxylic acids is 2. The van der Waals surface area contributed by atoms with Crippen molar-refractivity contribution in [2.24, 2.45) is 11.8 Å². The van der Waals surface area contributed by atoms with Crippen molar-refractivity contribution < 1.29 is 23.8 Å². The number of Topliss-reactive ketones (excluding diaryl/α,β-unsaturated/α-hetero) is 1. The number of hydrogen-bond acceptors (Lipinski definition) is 5. The van der Waals surface area contributed by atoms with Crippen LogP contribution in [0.4, 0.5) is 0 Å². The van der Waals surface area contributed by atoms with Gasteiger partial charge in [0.05, 0.1) is 20.3 Å². The molecule has 0 unspecified atom stereocenters. The molecule has 162 valence electrons. The van der Waals surface area contributed by atoms with Crippen molar-refractivity contribution in [3.8, 4) is 0 Å². The van der Waals surface area contributed by atoms with Crippen molar-refractivity contribution >= 4 is 11.8 Å². The third kappa shape index (κ3) is 7.14. The fourth-order valence-corrected chi connectivity index (χ4v) is 4.90. The summed E-state index contributed by atoms with van der Waals surface area (Å²) < 4.78 is 16.9. The van der Waals surface area contributed by atoms with E-state index in [1.54, 1.807) is 0 Å². The smallest absolute Gasteiger partial charge is 0.305 e. The maximum Gasteiger partial charge on any atom is 0.305 e. The van der Waals surface area contributed by atoms with Gasteiger partial charge in [0.25, 0.3) is 0 Å². The highest BCUT2D eigenvalue weighted by Crippen LogP contribution is 2.49. The average molecular weight is 397 g/mol. The molecule has 1 saturated heterocycles. The minimum atomic E-state index is -0.387. The molecule has 2 fully saturated rings. The highest BCUT2D eigenvalue weighted by Gasteiger charge is 2.51. The molecule has 0 aromatic rings. The van der Waals surface area contributed by atoms with Crippen LogP contribution in [0.5, 0.6) is 0 Å². The first-order valence-electron chi connectivity index (χ1n) is 11.5. The standard InChI is InChI=1S/C23H40O5/c1-3-4-7-10-20(24)14-13-19-15-16-23(27-17-18-28-23)21(19)11-8-5-6-9-12-22(25)26-2/h19,21H,3-18H2,1-2H3/t19-,21+/m0/s1. The van der Waals surface area contributed by atoms with E-state index in [-0.39, 0.29) is 11.8 Å². The summed E-state index contributed by atoms with van der Waals surface area (Å²) in [5.74, 6) is 0.847. The van der Waals surface area contributed by atoms with Crippen molar-refractivity contribution in [3.05, 3.63) is 0 Å². The van der Waals surface area contributed by atoms with Crippen LogP contribution in [-0.2, 0) is 23.8 Å². The van der Waals surface area contributed by atoms with Gasteiger partial charge in [-0.1, -0.05) is 39.0 Å². The predicted octanol–water partition coefficient (Wildman–Crippen LogP) is 5.20. The number of esters is 1. The second-order valence-corrected chi connectivity index (χ2v) is 8.48. The molecule has 0 aromatic heterocycles. The molecule has 2 rings (SSSR count). The molecule has 0 bridgehead atoms. The third-order valence-corrected chi connectivity index (χ3v) is 6.50. The number of carbonyl (C=O) groups is 2. The lowest BCUT2D eigenvalue weighted by Crippen LogP contribution is -2.36. The lowest BCUT2D eigenvalue weighted by Gasteiger charge is -2.32. The van der Waals surface area contributed by atoms with Gasteiger partial charge in [-0.3, -0.25) is 9.59 Å². The SMILES string of the molecule is CCCCCC(=O)CC[C@H]1CCC2(OCCO2)[C@@H]1CCCCCCC(=O)OC. The first-order valence-corrected chi connectivity index (χ1v) is 11.5. The summed E-state index contributed by atoms with van der Waals surface area (Å²) in [6.07, 6.45) is 13.6. The van der Waals surface area contributed by atoms with Gasteiger partial charge in [0.15, 0.2) is 5.79 Å². The summed E-state index contributed by atoms with van der Waals surface area (Å²) in [5, 5.41) is 0. The topological polar surface area (TPSA) is 61.8 Å². The molecule has 0 amide bonds. The van der Waals surface area contributed by atoms with Gasteiger partial charge < -0.3 is 14.2 Å². The van der Waals surface area contributed by atoms with Gasteiger partial charge in [0.1, 0.15) is 5.78 Å². The third-order valence-electron chi connectivity index (χ3n) is 6.50. The summed E-state index contributed by atoms with van der Waals surface area (Å²) in [6, 6.07) is 0. The average Bonchev–Trinajstić information content (AvgIpc) is 3.31. The zero-order chi connectivity index (χ0) is 20.2. The predicted molar refractivity (Wildman–Crippen MR) is 109 cm³/mol. The minimum Gasteiger partial charge on any atom is -0.469 e. The Morgan fingerprint density at radius 2 is 1.64 bits per heavy atom. The molecule has 5 heteroatoms. The van der Waals surface area contributed by atoms with Gasteiger partial charge in [-0.25, -0.2) is 0 Å². The van der Waals surface area contributed by atoms with E-state index >= 15 is 0 Å². The lowest BCUT2D eigenvalue weighted by atomic mass is 9.84. The first-order chi connectivity index (χ1) is 13.6. The number of ketones is 1. The molecule has 1 aliphatic heterocycles. The summed E-state index contributed by atoms with van der Waals surface area (Å²) in [6.45, 7) is 3.56. The van der Waals surface area contributed by atoms with Crippen LogP contribution in [0, 0.1) is 11.8 Å². The van der Waals surface area contributed by atoms with E-state index < -0.39 is 0 Å². The van der Waals surface area contributed by atoms with Crippen LogP contribution in [0.2, 0.25) is 0 Å². The summed E-state index contributed by atoms with van der Waals surface area (Å²) >= 11 is 0. The van der Waals surface area contributed by atoms with Crippen LogP contribution in [0.15, 0.2) is 0 Å². The zero-order valence-electron chi connectivity index (χ0n) is 18.0. The Bertz CT molecular complexity index is 470. The van der Waals surface area contributed by atoms with Crippen molar-refractivity contribution in [3.63, 3.8) is 0 Å². The molecule has 28 heavy (non-hydrogen) atoms. The molecular formula is C23H40O5. The van der Waals surface area contributed by atoms with E-state index in [0.717, 1.165) is 77.0 Å². The van der Waals surface area contributed by atoms with E-state index in [1.807, 2.05) is 0 Å². The highest BCUT2D eigenvalue weighted by molar-refractivity contribution is 5.78. The lowest BCUT2D eigenvalue weighted by molar-refractivity contribution is -0.188. The maximum atomic E-state index is 12.2.